The fourth-order valence-corrected chi connectivity index (χ4v) is 5.75. The lowest BCUT2D eigenvalue weighted by Gasteiger charge is -2.47. The summed E-state index contributed by atoms with van der Waals surface area (Å²) < 4.78 is 12.5. The van der Waals surface area contributed by atoms with Gasteiger partial charge in [-0.1, -0.05) is 29.8 Å². The van der Waals surface area contributed by atoms with Crippen LogP contribution >= 0.6 is 11.6 Å². The molecule has 0 radical (unpaired) electrons. The van der Waals surface area contributed by atoms with Gasteiger partial charge in [0.05, 0.1) is 13.2 Å². The van der Waals surface area contributed by atoms with Crippen LogP contribution in [0.15, 0.2) is 36.9 Å². The summed E-state index contributed by atoms with van der Waals surface area (Å²) in [5.74, 6) is -0.608. The summed E-state index contributed by atoms with van der Waals surface area (Å²) in [6.07, 6.45) is 5.63. The van der Waals surface area contributed by atoms with Crippen molar-refractivity contribution in [2.45, 2.75) is 89.3 Å². The normalized spacial score (nSPS) is 25.4. The third-order valence-corrected chi connectivity index (χ3v) is 7.28. The summed E-state index contributed by atoms with van der Waals surface area (Å²) in [5.41, 5.74) is -0.271. The third-order valence-electron chi connectivity index (χ3n) is 7.03. The molecule has 2 aliphatic rings. The van der Waals surface area contributed by atoms with Crippen LogP contribution in [0.25, 0.3) is 0 Å². The lowest BCUT2D eigenvalue weighted by molar-refractivity contribution is -0.214. The molecule has 2 fully saturated rings. The molecule has 2 atom stereocenters. The zero-order valence-corrected chi connectivity index (χ0v) is 21.8. The van der Waals surface area contributed by atoms with Gasteiger partial charge in [0, 0.05) is 22.0 Å². The van der Waals surface area contributed by atoms with Crippen LogP contribution < -0.4 is 10.6 Å². The van der Waals surface area contributed by atoms with E-state index in [4.69, 9.17) is 21.1 Å². The second-order valence-electron chi connectivity index (χ2n) is 10.7. The molecule has 7 heteroatoms. The van der Waals surface area contributed by atoms with Gasteiger partial charge in [-0.15, -0.1) is 6.58 Å². The van der Waals surface area contributed by atoms with E-state index in [1.165, 1.54) is 0 Å². The first-order chi connectivity index (χ1) is 16.0. The summed E-state index contributed by atoms with van der Waals surface area (Å²) >= 11 is 6.12. The van der Waals surface area contributed by atoms with Crippen molar-refractivity contribution in [3.05, 3.63) is 47.5 Å². The first kappa shape index (κ1) is 27.2. The van der Waals surface area contributed by atoms with Crippen molar-refractivity contribution in [2.24, 2.45) is 11.8 Å². The second-order valence-corrected chi connectivity index (χ2v) is 11.2. The summed E-state index contributed by atoms with van der Waals surface area (Å²) in [4.78, 5) is 13.7. The molecular weight excluding hydrogens is 452 g/mol. The SMILES string of the molecule is C=CCCC(NC(C)O)(C(=O)NC(C)(C)C)C1CCC(C2(c3ccc(Cl)cc3)OCCO2)CC1. The van der Waals surface area contributed by atoms with Gasteiger partial charge in [-0.2, -0.15) is 0 Å². The highest BCUT2D eigenvalue weighted by Crippen LogP contribution is 2.49. The Kier molecular flexibility index (Phi) is 8.85. The van der Waals surface area contributed by atoms with Gasteiger partial charge in [0.25, 0.3) is 0 Å². The van der Waals surface area contributed by atoms with Crippen molar-refractivity contribution in [3.8, 4) is 0 Å². The topological polar surface area (TPSA) is 79.8 Å². The Hall–Kier alpha value is -1.44. The van der Waals surface area contributed by atoms with Crippen LogP contribution in [0.1, 0.15) is 71.8 Å². The molecule has 1 aromatic carbocycles. The number of nitrogens with one attached hydrogen (secondary N) is 2. The summed E-state index contributed by atoms with van der Waals surface area (Å²) in [5, 5.41) is 17.5. The molecule has 0 aromatic heterocycles. The molecule has 3 rings (SSSR count). The first-order valence-corrected chi connectivity index (χ1v) is 12.8. The van der Waals surface area contributed by atoms with Crippen LogP contribution in [-0.4, -0.2) is 41.5 Å². The Morgan fingerprint density at radius 1 is 1.21 bits per heavy atom. The number of halogens is 1. The molecule has 1 saturated carbocycles. The van der Waals surface area contributed by atoms with Crippen molar-refractivity contribution < 1.29 is 19.4 Å². The second kappa shape index (κ2) is 11.1. The number of ether oxygens (including phenoxy) is 2. The van der Waals surface area contributed by atoms with Crippen molar-refractivity contribution >= 4 is 17.5 Å². The van der Waals surface area contributed by atoms with E-state index < -0.39 is 17.6 Å². The standard InChI is InChI=1S/C27H41ClN2O4/c1-6-7-16-26(29-19(2)31,24(32)30-25(3,4)5)20-8-10-21(11-9-20)27(33-17-18-34-27)22-12-14-23(28)15-13-22/h6,12-15,19-21,29,31H,1,7-11,16-18H2,2-5H3,(H,30,32). The van der Waals surface area contributed by atoms with E-state index in [1.54, 1.807) is 6.92 Å². The van der Waals surface area contributed by atoms with E-state index in [9.17, 15) is 9.90 Å². The van der Waals surface area contributed by atoms with Crippen LogP contribution in [0.3, 0.4) is 0 Å². The number of carbonyl (C=O) groups is 1. The number of hydrogen-bond acceptors (Lipinski definition) is 5. The number of aliphatic hydroxyl groups is 1. The van der Waals surface area contributed by atoms with Crippen molar-refractivity contribution in [2.75, 3.05) is 13.2 Å². The zero-order valence-electron chi connectivity index (χ0n) is 21.0. The van der Waals surface area contributed by atoms with Gasteiger partial charge < -0.3 is 19.9 Å². The molecule has 2 unspecified atom stereocenters. The number of benzene rings is 1. The fourth-order valence-electron chi connectivity index (χ4n) is 5.63. The molecule has 34 heavy (non-hydrogen) atoms. The van der Waals surface area contributed by atoms with Crippen molar-refractivity contribution in [3.63, 3.8) is 0 Å². The highest BCUT2D eigenvalue weighted by molar-refractivity contribution is 6.30. The van der Waals surface area contributed by atoms with E-state index in [1.807, 2.05) is 51.1 Å². The monoisotopic (exact) mass is 492 g/mol. The molecule has 0 spiro atoms. The van der Waals surface area contributed by atoms with Crippen LogP contribution in [0.5, 0.6) is 0 Å². The van der Waals surface area contributed by atoms with Crippen molar-refractivity contribution in [1.82, 2.24) is 10.6 Å². The molecule has 1 aliphatic heterocycles. The largest absolute Gasteiger partial charge is 0.379 e. The van der Waals surface area contributed by atoms with Gasteiger partial charge in [-0.05, 0) is 84.3 Å². The predicted octanol–water partition coefficient (Wildman–Crippen LogP) is 4.89. The molecular formula is C27H41ClN2O4. The van der Waals surface area contributed by atoms with Crippen LogP contribution in [-0.2, 0) is 20.1 Å². The number of hydrogen-bond donors (Lipinski definition) is 3. The van der Waals surface area contributed by atoms with Crippen LogP contribution in [0.4, 0.5) is 0 Å². The molecule has 1 heterocycles. The molecule has 1 aromatic rings. The van der Waals surface area contributed by atoms with Gasteiger partial charge in [0.1, 0.15) is 11.8 Å². The van der Waals surface area contributed by atoms with E-state index in [-0.39, 0.29) is 23.3 Å². The highest BCUT2D eigenvalue weighted by atomic mass is 35.5. The summed E-state index contributed by atoms with van der Waals surface area (Å²) in [6, 6.07) is 7.72. The zero-order chi connectivity index (χ0) is 25.0. The average Bonchev–Trinajstić information content (AvgIpc) is 3.27. The van der Waals surface area contributed by atoms with E-state index in [0.717, 1.165) is 31.2 Å². The van der Waals surface area contributed by atoms with E-state index in [0.29, 0.717) is 31.1 Å². The van der Waals surface area contributed by atoms with Gasteiger partial charge in [-0.3, -0.25) is 10.1 Å². The van der Waals surface area contributed by atoms with Crippen LogP contribution in [0.2, 0.25) is 5.02 Å². The van der Waals surface area contributed by atoms with Gasteiger partial charge in [0.15, 0.2) is 5.79 Å². The van der Waals surface area contributed by atoms with Crippen LogP contribution in [0, 0.1) is 11.8 Å². The smallest absolute Gasteiger partial charge is 0.241 e. The number of allylic oxidation sites excluding steroid dienone is 1. The number of amides is 1. The quantitative estimate of drug-likeness (QED) is 0.337. The number of carbonyl (C=O) groups excluding carboxylic acids is 1. The summed E-state index contributed by atoms with van der Waals surface area (Å²) in [7, 11) is 0. The fraction of sp³-hybridized carbons (Fsp3) is 0.667. The number of rotatable bonds is 9. The van der Waals surface area contributed by atoms with Gasteiger partial charge >= 0.3 is 0 Å². The Bertz CT molecular complexity index is 822. The minimum absolute atomic E-state index is 0.0596. The predicted molar refractivity (Wildman–Crippen MR) is 135 cm³/mol. The number of aliphatic hydroxyl groups excluding tert-OH is 1. The van der Waals surface area contributed by atoms with Gasteiger partial charge in [0.2, 0.25) is 5.91 Å². The Labute approximate surface area is 209 Å². The van der Waals surface area contributed by atoms with Gasteiger partial charge in [-0.25, -0.2) is 0 Å². The molecule has 3 N–H and O–H groups in total. The Balaban J connectivity index is 1.86. The highest BCUT2D eigenvalue weighted by Gasteiger charge is 2.52. The molecule has 1 aliphatic carbocycles. The van der Waals surface area contributed by atoms with Crippen molar-refractivity contribution in [1.29, 1.82) is 0 Å². The molecule has 1 amide bonds. The van der Waals surface area contributed by atoms with E-state index in [2.05, 4.69) is 17.2 Å². The minimum atomic E-state index is -0.883. The molecule has 1 saturated heterocycles. The Morgan fingerprint density at radius 2 is 1.79 bits per heavy atom. The average molecular weight is 493 g/mol. The molecule has 6 nitrogen and oxygen atoms in total. The maximum atomic E-state index is 13.7. The lowest BCUT2D eigenvalue weighted by atomic mass is 9.67. The maximum absolute atomic E-state index is 13.7. The minimum Gasteiger partial charge on any atom is -0.379 e. The molecule has 0 bridgehead atoms. The first-order valence-electron chi connectivity index (χ1n) is 12.5. The summed E-state index contributed by atoms with van der Waals surface area (Å²) in [6.45, 7) is 12.6. The lowest BCUT2D eigenvalue weighted by Crippen LogP contribution is -2.66. The third kappa shape index (κ3) is 6.03. The van der Waals surface area contributed by atoms with E-state index >= 15 is 0 Å². The maximum Gasteiger partial charge on any atom is 0.241 e. The Morgan fingerprint density at radius 3 is 2.29 bits per heavy atom. The molecule has 190 valence electrons.